The van der Waals surface area contributed by atoms with E-state index in [-0.39, 0.29) is 7.43 Å². The van der Waals surface area contributed by atoms with E-state index in [2.05, 4.69) is 26.0 Å². The predicted octanol–water partition coefficient (Wildman–Crippen LogP) is 4.56. The molecule has 0 aromatic heterocycles. The zero-order valence-electron chi connectivity index (χ0n) is 8.40. The largest absolute Gasteiger partial charge is 0.0911 e. The molecule has 0 amide bonds. The summed E-state index contributed by atoms with van der Waals surface area (Å²) in [4.78, 5) is 0. The third-order valence-electron chi connectivity index (χ3n) is 4.20. The zero-order chi connectivity index (χ0) is 8.66. The van der Waals surface area contributed by atoms with Crippen molar-refractivity contribution in [2.75, 3.05) is 0 Å². The first-order chi connectivity index (χ1) is 5.68. The molecule has 0 heterocycles. The van der Waals surface area contributed by atoms with E-state index in [4.69, 9.17) is 0 Å². The number of rotatable bonds is 1. The summed E-state index contributed by atoms with van der Waals surface area (Å²) < 4.78 is 0. The predicted molar refractivity (Wildman–Crippen MR) is 59.8 cm³/mol. The maximum atomic E-state index is 2.48. The second kappa shape index (κ2) is 3.48. The SMILES string of the molecule is C.C/C=C/C12CCC(C)(CC1)CC2. The van der Waals surface area contributed by atoms with Crippen molar-refractivity contribution in [2.45, 2.75) is 59.8 Å². The van der Waals surface area contributed by atoms with Gasteiger partial charge in [-0.3, -0.25) is 0 Å². The van der Waals surface area contributed by atoms with Crippen LogP contribution in [0.15, 0.2) is 12.2 Å². The quantitative estimate of drug-likeness (QED) is 0.519. The molecule has 76 valence electrons. The van der Waals surface area contributed by atoms with Gasteiger partial charge in [0.05, 0.1) is 0 Å². The molecule has 3 fully saturated rings. The first-order valence-electron chi connectivity index (χ1n) is 5.32. The maximum absolute atomic E-state index is 2.48. The highest BCUT2D eigenvalue weighted by Crippen LogP contribution is 2.57. The summed E-state index contributed by atoms with van der Waals surface area (Å²) in [7, 11) is 0. The Morgan fingerprint density at radius 1 is 0.923 bits per heavy atom. The lowest BCUT2D eigenvalue weighted by atomic mass is 9.54. The Bertz CT molecular complexity index is 176. The summed E-state index contributed by atoms with van der Waals surface area (Å²) in [6.45, 7) is 4.64. The highest BCUT2D eigenvalue weighted by Gasteiger charge is 2.44. The molecule has 0 radical (unpaired) electrons. The van der Waals surface area contributed by atoms with Crippen LogP contribution < -0.4 is 0 Å². The second-order valence-corrected chi connectivity index (χ2v) is 5.17. The summed E-state index contributed by atoms with van der Waals surface area (Å²) in [5.74, 6) is 0. The summed E-state index contributed by atoms with van der Waals surface area (Å²) >= 11 is 0. The van der Waals surface area contributed by atoms with Crippen molar-refractivity contribution >= 4 is 0 Å². The number of allylic oxidation sites excluding steroid dienone is 2. The molecule has 0 aliphatic heterocycles. The molecule has 0 N–H and O–H groups in total. The standard InChI is InChI=1S/C12H20.CH4/c1-3-4-12-8-5-11(2,6-9-12)7-10-12;/h3-4H,5-10H2,1-2H3;1H4/b4-3+;. The van der Waals surface area contributed by atoms with Gasteiger partial charge in [-0.25, -0.2) is 0 Å². The molecule has 3 rings (SSSR count). The highest BCUT2D eigenvalue weighted by molar-refractivity contribution is 5.07. The van der Waals surface area contributed by atoms with Gasteiger partial charge >= 0.3 is 0 Å². The molecule has 3 aliphatic carbocycles. The average Bonchev–Trinajstić information content (AvgIpc) is 2.08. The summed E-state index contributed by atoms with van der Waals surface area (Å²) in [5.41, 5.74) is 1.36. The van der Waals surface area contributed by atoms with Crippen LogP contribution in [-0.2, 0) is 0 Å². The van der Waals surface area contributed by atoms with Gasteiger partial charge in [0.1, 0.15) is 0 Å². The van der Waals surface area contributed by atoms with Crippen LogP contribution >= 0.6 is 0 Å². The van der Waals surface area contributed by atoms with E-state index in [0.717, 1.165) is 5.41 Å². The molecule has 3 saturated carbocycles. The van der Waals surface area contributed by atoms with Crippen LogP contribution in [0.25, 0.3) is 0 Å². The maximum Gasteiger partial charge on any atom is -0.0118 e. The van der Waals surface area contributed by atoms with Crippen LogP contribution in [0, 0.1) is 10.8 Å². The topological polar surface area (TPSA) is 0 Å². The van der Waals surface area contributed by atoms with Gasteiger partial charge < -0.3 is 0 Å². The van der Waals surface area contributed by atoms with Crippen molar-refractivity contribution in [3.8, 4) is 0 Å². The fourth-order valence-corrected chi connectivity index (χ4v) is 3.01. The molecule has 0 aromatic rings. The summed E-state index contributed by atoms with van der Waals surface area (Å²) in [6, 6.07) is 0. The fourth-order valence-electron chi connectivity index (χ4n) is 3.01. The van der Waals surface area contributed by atoms with E-state index in [1.807, 2.05) is 0 Å². The van der Waals surface area contributed by atoms with E-state index in [1.165, 1.54) is 38.5 Å². The molecule has 0 spiro atoms. The number of hydrogen-bond acceptors (Lipinski definition) is 0. The van der Waals surface area contributed by atoms with E-state index in [0.29, 0.717) is 5.41 Å². The Hall–Kier alpha value is -0.260. The Balaban J connectivity index is 0.000000845. The molecule has 0 aromatic carbocycles. The minimum Gasteiger partial charge on any atom is -0.0911 e. The van der Waals surface area contributed by atoms with Crippen molar-refractivity contribution in [1.82, 2.24) is 0 Å². The Kier molecular flexibility index (Phi) is 2.89. The van der Waals surface area contributed by atoms with Gasteiger partial charge in [0, 0.05) is 0 Å². The van der Waals surface area contributed by atoms with Crippen molar-refractivity contribution < 1.29 is 0 Å². The molecule has 0 heteroatoms. The third kappa shape index (κ3) is 1.82. The fraction of sp³-hybridized carbons (Fsp3) is 0.846. The highest BCUT2D eigenvalue weighted by atomic mass is 14.5. The lowest BCUT2D eigenvalue weighted by Crippen LogP contribution is -2.38. The van der Waals surface area contributed by atoms with Gasteiger partial charge in [-0.2, -0.15) is 0 Å². The van der Waals surface area contributed by atoms with E-state index >= 15 is 0 Å². The van der Waals surface area contributed by atoms with Gasteiger partial charge in [0.25, 0.3) is 0 Å². The van der Waals surface area contributed by atoms with Crippen molar-refractivity contribution in [2.24, 2.45) is 10.8 Å². The summed E-state index contributed by atoms with van der Waals surface area (Å²) in [6.07, 6.45) is 13.5. The van der Waals surface area contributed by atoms with E-state index < -0.39 is 0 Å². The Morgan fingerprint density at radius 2 is 1.38 bits per heavy atom. The van der Waals surface area contributed by atoms with E-state index in [1.54, 1.807) is 0 Å². The Morgan fingerprint density at radius 3 is 1.77 bits per heavy atom. The lowest BCUT2D eigenvalue weighted by Gasteiger charge is -2.51. The van der Waals surface area contributed by atoms with Crippen LogP contribution in [0.3, 0.4) is 0 Å². The number of fused-ring (bicyclic) bond motifs is 3. The molecule has 3 aliphatic rings. The normalized spacial score (nSPS) is 43.5. The number of hydrogen-bond donors (Lipinski definition) is 0. The van der Waals surface area contributed by atoms with Gasteiger partial charge in [-0.1, -0.05) is 26.5 Å². The smallest absolute Gasteiger partial charge is 0.0118 e. The average molecular weight is 180 g/mol. The molecule has 0 unspecified atom stereocenters. The third-order valence-corrected chi connectivity index (χ3v) is 4.20. The van der Waals surface area contributed by atoms with Crippen LogP contribution in [0.1, 0.15) is 59.8 Å². The van der Waals surface area contributed by atoms with Gasteiger partial charge in [0.15, 0.2) is 0 Å². The molecular formula is C13H24. The van der Waals surface area contributed by atoms with Crippen molar-refractivity contribution in [1.29, 1.82) is 0 Å². The molecule has 0 atom stereocenters. The van der Waals surface area contributed by atoms with Gasteiger partial charge in [-0.15, -0.1) is 0 Å². The second-order valence-electron chi connectivity index (χ2n) is 5.17. The van der Waals surface area contributed by atoms with Crippen molar-refractivity contribution in [3.05, 3.63) is 12.2 Å². The van der Waals surface area contributed by atoms with Gasteiger partial charge in [-0.05, 0) is 56.3 Å². The van der Waals surface area contributed by atoms with Crippen LogP contribution in [0.5, 0.6) is 0 Å². The first-order valence-corrected chi connectivity index (χ1v) is 5.32. The molecule has 2 bridgehead atoms. The summed E-state index contributed by atoms with van der Waals surface area (Å²) in [5, 5.41) is 0. The van der Waals surface area contributed by atoms with Gasteiger partial charge in [0.2, 0.25) is 0 Å². The van der Waals surface area contributed by atoms with Crippen LogP contribution in [0.2, 0.25) is 0 Å². The first kappa shape index (κ1) is 10.8. The monoisotopic (exact) mass is 180 g/mol. The van der Waals surface area contributed by atoms with Crippen LogP contribution in [0.4, 0.5) is 0 Å². The van der Waals surface area contributed by atoms with Crippen molar-refractivity contribution in [3.63, 3.8) is 0 Å². The lowest BCUT2D eigenvalue weighted by molar-refractivity contribution is 0.0360. The molecule has 0 nitrogen and oxygen atoms in total. The minimum absolute atomic E-state index is 0. The Labute approximate surface area is 83.4 Å². The molecule has 13 heavy (non-hydrogen) atoms. The van der Waals surface area contributed by atoms with Crippen LogP contribution in [-0.4, -0.2) is 0 Å². The molecular weight excluding hydrogens is 156 g/mol. The zero-order valence-corrected chi connectivity index (χ0v) is 8.40. The van der Waals surface area contributed by atoms with E-state index in [9.17, 15) is 0 Å². The minimum atomic E-state index is 0. The molecule has 0 saturated heterocycles.